The van der Waals surface area contributed by atoms with E-state index in [0.717, 1.165) is 28.4 Å². The highest BCUT2D eigenvalue weighted by Crippen LogP contribution is 2.27. The molecular formula is C26H33N5O4. The maximum absolute atomic E-state index is 13.0. The lowest BCUT2D eigenvalue weighted by Crippen LogP contribution is -2.36. The summed E-state index contributed by atoms with van der Waals surface area (Å²) in [6, 6.07) is 12.5. The molecule has 0 unspecified atom stereocenters. The lowest BCUT2D eigenvalue weighted by Gasteiger charge is -2.14. The van der Waals surface area contributed by atoms with Crippen molar-refractivity contribution in [2.24, 2.45) is 12.0 Å². The number of methoxy groups -OCH3 is 2. The van der Waals surface area contributed by atoms with E-state index in [1.54, 1.807) is 25.3 Å². The first-order chi connectivity index (χ1) is 16.9. The molecule has 0 aliphatic rings. The molecule has 3 rings (SSSR count). The first-order valence-electron chi connectivity index (χ1n) is 11.4. The van der Waals surface area contributed by atoms with Gasteiger partial charge in [0.05, 0.1) is 26.5 Å². The van der Waals surface area contributed by atoms with Crippen LogP contribution in [0.4, 0.5) is 5.69 Å². The summed E-state index contributed by atoms with van der Waals surface area (Å²) >= 11 is 0. The van der Waals surface area contributed by atoms with Gasteiger partial charge >= 0.3 is 0 Å². The Morgan fingerprint density at radius 1 is 1.06 bits per heavy atom. The van der Waals surface area contributed by atoms with Gasteiger partial charge in [0.15, 0.2) is 11.5 Å². The molecular weight excluding hydrogens is 446 g/mol. The van der Waals surface area contributed by atoms with Crippen molar-refractivity contribution in [2.75, 3.05) is 32.7 Å². The minimum Gasteiger partial charge on any atom is -0.494 e. The summed E-state index contributed by atoms with van der Waals surface area (Å²) in [5, 5.41) is 10.6. The number of carbonyl (C=O) groups excluding carboxylic acids is 1. The second-order valence-electron chi connectivity index (χ2n) is 7.86. The maximum Gasteiger partial charge on any atom is 0.258 e. The molecule has 2 N–H and O–H groups in total. The fraction of sp³-hybridized carbons (Fsp3) is 0.346. The molecule has 0 aliphatic heterocycles. The van der Waals surface area contributed by atoms with E-state index in [2.05, 4.69) is 20.7 Å². The third-order valence-corrected chi connectivity index (χ3v) is 5.60. The van der Waals surface area contributed by atoms with Gasteiger partial charge in [-0.25, -0.2) is 0 Å². The zero-order valence-electron chi connectivity index (χ0n) is 21.1. The van der Waals surface area contributed by atoms with Gasteiger partial charge in [0.25, 0.3) is 5.91 Å². The lowest BCUT2D eigenvalue weighted by atomic mass is 10.1. The molecule has 1 amide bonds. The van der Waals surface area contributed by atoms with Crippen LogP contribution in [0, 0.1) is 13.8 Å². The molecule has 0 saturated carbocycles. The van der Waals surface area contributed by atoms with Gasteiger partial charge in [-0.05, 0) is 75.2 Å². The van der Waals surface area contributed by atoms with Crippen molar-refractivity contribution in [2.45, 2.75) is 27.2 Å². The predicted molar refractivity (Wildman–Crippen MR) is 137 cm³/mol. The van der Waals surface area contributed by atoms with Crippen molar-refractivity contribution in [1.82, 2.24) is 15.1 Å². The van der Waals surface area contributed by atoms with Gasteiger partial charge in [0.2, 0.25) is 5.96 Å². The zero-order valence-corrected chi connectivity index (χ0v) is 21.1. The molecule has 2 aromatic carbocycles. The highest BCUT2D eigenvalue weighted by atomic mass is 16.5. The summed E-state index contributed by atoms with van der Waals surface area (Å²) in [7, 11) is 5.01. The van der Waals surface area contributed by atoms with E-state index in [1.807, 2.05) is 56.8 Å². The molecule has 9 nitrogen and oxygen atoms in total. The third-order valence-electron chi connectivity index (χ3n) is 5.60. The fourth-order valence-electron chi connectivity index (χ4n) is 3.66. The molecule has 0 spiro atoms. The second-order valence-corrected chi connectivity index (χ2v) is 7.86. The number of carbonyl (C=O) groups is 1. The van der Waals surface area contributed by atoms with E-state index in [1.165, 1.54) is 7.11 Å². The predicted octanol–water partition coefficient (Wildman–Crippen LogP) is 3.89. The smallest absolute Gasteiger partial charge is 0.258 e. The Balaban J connectivity index is 1.80. The molecule has 0 aliphatic carbocycles. The van der Waals surface area contributed by atoms with E-state index < -0.39 is 0 Å². The van der Waals surface area contributed by atoms with Crippen LogP contribution in [0.3, 0.4) is 0 Å². The number of aromatic nitrogens is 2. The normalized spacial score (nSPS) is 11.2. The maximum atomic E-state index is 13.0. The summed E-state index contributed by atoms with van der Waals surface area (Å²) < 4.78 is 18.0. The minimum atomic E-state index is -0.322. The molecule has 0 radical (unpaired) electrons. The van der Waals surface area contributed by atoms with Crippen molar-refractivity contribution < 1.29 is 19.0 Å². The number of anilines is 1. The van der Waals surface area contributed by atoms with Gasteiger partial charge in [-0.1, -0.05) is 0 Å². The number of nitrogens with zero attached hydrogens (tertiary/aromatic N) is 3. The van der Waals surface area contributed by atoms with Crippen molar-refractivity contribution in [3.05, 3.63) is 65.0 Å². The second kappa shape index (κ2) is 11.9. The molecule has 3 aromatic rings. The number of aryl methyl sites for hydroxylation is 2. The molecule has 9 heteroatoms. The van der Waals surface area contributed by atoms with Crippen LogP contribution in [0.5, 0.6) is 17.2 Å². The van der Waals surface area contributed by atoms with Gasteiger partial charge in [-0.2, -0.15) is 5.10 Å². The molecule has 1 aromatic heterocycles. The Morgan fingerprint density at radius 3 is 2.37 bits per heavy atom. The van der Waals surface area contributed by atoms with Crippen molar-refractivity contribution in [3.63, 3.8) is 0 Å². The molecule has 0 bridgehead atoms. The Bertz CT molecular complexity index is 1190. The van der Waals surface area contributed by atoms with Gasteiger partial charge in [0, 0.05) is 30.5 Å². The third kappa shape index (κ3) is 6.53. The zero-order chi connectivity index (χ0) is 25.4. The molecule has 0 fully saturated rings. The Hall–Kier alpha value is -4.01. The molecule has 35 heavy (non-hydrogen) atoms. The highest BCUT2D eigenvalue weighted by Gasteiger charge is 2.14. The van der Waals surface area contributed by atoms with Crippen LogP contribution in [0.2, 0.25) is 0 Å². The minimum absolute atomic E-state index is 0.322. The van der Waals surface area contributed by atoms with Crippen LogP contribution in [0.1, 0.15) is 34.2 Å². The number of ether oxygens (including phenoxy) is 3. The van der Waals surface area contributed by atoms with Gasteiger partial charge in [0.1, 0.15) is 5.75 Å². The van der Waals surface area contributed by atoms with E-state index >= 15 is 0 Å². The summed E-state index contributed by atoms with van der Waals surface area (Å²) in [6.45, 7) is 7.03. The van der Waals surface area contributed by atoms with Crippen molar-refractivity contribution in [1.29, 1.82) is 0 Å². The van der Waals surface area contributed by atoms with E-state index in [0.29, 0.717) is 42.6 Å². The van der Waals surface area contributed by atoms with Gasteiger partial charge < -0.3 is 19.5 Å². The molecule has 0 saturated heterocycles. The summed E-state index contributed by atoms with van der Waals surface area (Å²) in [6.07, 6.45) is 0.701. The quantitative estimate of drug-likeness (QED) is 0.357. The summed E-state index contributed by atoms with van der Waals surface area (Å²) in [5.74, 6) is 1.81. The Labute approximate surface area is 206 Å². The van der Waals surface area contributed by atoms with Crippen LogP contribution in [-0.4, -0.2) is 49.0 Å². The molecule has 186 valence electrons. The van der Waals surface area contributed by atoms with Gasteiger partial charge in [-0.15, -0.1) is 0 Å². The first-order valence-corrected chi connectivity index (χ1v) is 11.4. The van der Waals surface area contributed by atoms with Gasteiger partial charge in [-0.3, -0.25) is 19.8 Å². The van der Waals surface area contributed by atoms with Crippen LogP contribution >= 0.6 is 0 Å². The average molecular weight is 480 g/mol. The number of nitrogens with one attached hydrogen (secondary N) is 2. The van der Waals surface area contributed by atoms with Crippen LogP contribution in [0.25, 0.3) is 0 Å². The number of amides is 1. The number of benzene rings is 2. The number of hydrogen-bond donors (Lipinski definition) is 2. The number of rotatable bonds is 9. The number of hydrogen-bond acceptors (Lipinski definition) is 6. The fourth-order valence-corrected chi connectivity index (χ4v) is 3.66. The standard InChI is InChI=1S/C26H33N5O4/c1-7-35-21-11-9-20(10-12-21)28-26(27-15-14-22-17(2)30-31(4)18(22)3)29-25(32)19-8-13-23(33-5)24(16-19)34-6/h8-13,16H,7,14-15H2,1-6H3,(H2,27,28,29,32). The lowest BCUT2D eigenvalue weighted by molar-refractivity contribution is 0.0976. The van der Waals surface area contributed by atoms with Crippen molar-refractivity contribution in [3.8, 4) is 17.2 Å². The van der Waals surface area contributed by atoms with Crippen LogP contribution in [-0.2, 0) is 13.5 Å². The SMILES string of the molecule is CCOc1ccc(NC(=NCCc2c(C)nn(C)c2C)NC(=O)c2ccc(OC)c(OC)c2)cc1. The Morgan fingerprint density at radius 2 is 1.77 bits per heavy atom. The molecule has 1 heterocycles. The summed E-state index contributed by atoms with van der Waals surface area (Å²) in [5.41, 5.74) is 4.43. The van der Waals surface area contributed by atoms with Crippen LogP contribution < -0.4 is 24.8 Å². The topological polar surface area (TPSA) is 99.0 Å². The van der Waals surface area contributed by atoms with E-state index in [-0.39, 0.29) is 5.91 Å². The Kier molecular flexibility index (Phi) is 8.72. The van der Waals surface area contributed by atoms with E-state index in [9.17, 15) is 4.79 Å². The van der Waals surface area contributed by atoms with E-state index in [4.69, 9.17) is 14.2 Å². The van der Waals surface area contributed by atoms with Crippen LogP contribution in [0.15, 0.2) is 47.5 Å². The number of aliphatic imine (C=N–C) groups is 1. The largest absolute Gasteiger partial charge is 0.494 e. The average Bonchev–Trinajstić information content (AvgIpc) is 3.10. The van der Waals surface area contributed by atoms with Crippen molar-refractivity contribution >= 4 is 17.6 Å². The number of guanidine groups is 1. The molecule has 0 atom stereocenters. The highest BCUT2D eigenvalue weighted by molar-refractivity contribution is 6.10. The monoisotopic (exact) mass is 479 g/mol. The first kappa shape index (κ1) is 25.6. The summed E-state index contributed by atoms with van der Waals surface area (Å²) in [4.78, 5) is 17.7.